The highest BCUT2D eigenvalue weighted by Gasteiger charge is 2.10. The van der Waals surface area contributed by atoms with E-state index in [2.05, 4.69) is 20.6 Å². The highest BCUT2D eigenvalue weighted by Crippen LogP contribution is 2.26. The van der Waals surface area contributed by atoms with E-state index < -0.39 is 11.6 Å². The van der Waals surface area contributed by atoms with E-state index in [-0.39, 0.29) is 5.69 Å². The Morgan fingerprint density at radius 1 is 0.750 bits per heavy atom. The van der Waals surface area contributed by atoms with Gasteiger partial charge < -0.3 is 10.6 Å². The molecule has 3 aromatic rings. The molecule has 0 bridgehead atoms. The second kappa shape index (κ2) is 6.62. The molecule has 0 atom stereocenters. The van der Waals surface area contributed by atoms with Crippen LogP contribution in [0.1, 0.15) is 11.1 Å². The summed E-state index contributed by atoms with van der Waals surface area (Å²) in [6.45, 7) is 3.98. The quantitative estimate of drug-likeness (QED) is 0.719. The van der Waals surface area contributed by atoms with Crippen molar-refractivity contribution >= 4 is 23.0 Å². The smallest absolute Gasteiger partial charge is 0.149 e. The Balaban J connectivity index is 1.87. The van der Waals surface area contributed by atoms with Crippen LogP contribution in [0, 0.1) is 25.5 Å². The fourth-order valence-electron chi connectivity index (χ4n) is 2.38. The molecule has 0 fully saturated rings. The zero-order chi connectivity index (χ0) is 17.1. The van der Waals surface area contributed by atoms with Crippen molar-refractivity contribution in [2.75, 3.05) is 10.6 Å². The Morgan fingerprint density at radius 3 is 1.83 bits per heavy atom. The fourth-order valence-corrected chi connectivity index (χ4v) is 2.38. The van der Waals surface area contributed by atoms with Crippen molar-refractivity contribution in [2.45, 2.75) is 13.8 Å². The summed E-state index contributed by atoms with van der Waals surface area (Å²) >= 11 is 0. The molecule has 1 aromatic heterocycles. The number of nitrogens with one attached hydrogen (secondary N) is 2. The number of hydrogen-bond donors (Lipinski definition) is 2. The van der Waals surface area contributed by atoms with E-state index in [9.17, 15) is 8.78 Å². The van der Waals surface area contributed by atoms with E-state index in [1.54, 1.807) is 6.07 Å². The van der Waals surface area contributed by atoms with Crippen LogP contribution in [0.3, 0.4) is 0 Å². The van der Waals surface area contributed by atoms with Crippen molar-refractivity contribution in [1.82, 2.24) is 9.97 Å². The lowest BCUT2D eigenvalue weighted by molar-refractivity contribution is 0.590. The summed E-state index contributed by atoms with van der Waals surface area (Å²) in [5.74, 6) is -0.542. The average Bonchev–Trinajstić information content (AvgIpc) is 2.55. The molecule has 122 valence electrons. The predicted octanol–water partition coefficient (Wildman–Crippen LogP) is 4.86. The van der Waals surface area contributed by atoms with E-state index >= 15 is 0 Å². The van der Waals surface area contributed by atoms with Crippen LogP contribution < -0.4 is 10.6 Å². The number of halogens is 2. The SMILES string of the molecule is Cc1cccc(C)c1Nc1cc(Nc2c(F)cccc2F)ncn1. The molecule has 0 amide bonds. The Hall–Kier alpha value is -3.02. The first-order chi connectivity index (χ1) is 11.5. The number of para-hydroxylation sites is 2. The van der Waals surface area contributed by atoms with E-state index in [0.29, 0.717) is 11.6 Å². The number of aryl methyl sites for hydroxylation is 2. The minimum atomic E-state index is -0.683. The van der Waals surface area contributed by atoms with Crippen LogP contribution in [-0.2, 0) is 0 Å². The molecule has 0 unspecified atom stereocenters. The van der Waals surface area contributed by atoms with E-state index in [4.69, 9.17) is 0 Å². The van der Waals surface area contributed by atoms with Gasteiger partial charge in [-0.05, 0) is 37.1 Å². The van der Waals surface area contributed by atoms with Gasteiger partial charge in [0, 0.05) is 11.8 Å². The molecule has 3 rings (SSSR count). The lowest BCUT2D eigenvalue weighted by atomic mass is 10.1. The number of anilines is 4. The first-order valence-electron chi connectivity index (χ1n) is 7.41. The molecular formula is C18H16F2N4. The van der Waals surface area contributed by atoms with Crippen LogP contribution in [0.5, 0.6) is 0 Å². The van der Waals surface area contributed by atoms with E-state index in [1.165, 1.54) is 24.5 Å². The Bertz CT molecular complexity index is 771. The molecule has 1 heterocycles. The van der Waals surface area contributed by atoms with Crippen molar-refractivity contribution in [2.24, 2.45) is 0 Å². The van der Waals surface area contributed by atoms with Gasteiger partial charge in [-0.25, -0.2) is 18.7 Å². The van der Waals surface area contributed by atoms with Gasteiger partial charge in [0.15, 0.2) is 0 Å². The van der Waals surface area contributed by atoms with Gasteiger partial charge in [0.05, 0.1) is 0 Å². The normalized spacial score (nSPS) is 10.5. The summed E-state index contributed by atoms with van der Waals surface area (Å²) < 4.78 is 27.5. The zero-order valence-corrected chi connectivity index (χ0v) is 13.3. The van der Waals surface area contributed by atoms with Gasteiger partial charge in [-0.3, -0.25) is 0 Å². The van der Waals surface area contributed by atoms with Gasteiger partial charge in [0.1, 0.15) is 35.3 Å². The van der Waals surface area contributed by atoms with Crippen LogP contribution >= 0.6 is 0 Å². The van der Waals surface area contributed by atoms with Gasteiger partial charge in [-0.2, -0.15) is 0 Å². The predicted molar refractivity (Wildman–Crippen MR) is 90.9 cm³/mol. The summed E-state index contributed by atoms with van der Waals surface area (Å²) in [7, 11) is 0. The van der Waals surface area contributed by atoms with Crippen LogP contribution in [0.4, 0.5) is 31.8 Å². The van der Waals surface area contributed by atoms with E-state index in [0.717, 1.165) is 16.8 Å². The average molecular weight is 326 g/mol. The van der Waals surface area contributed by atoms with Gasteiger partial charge in [0.2, 0.25) is 0 Å². The second-order valence-corrected chi connectivity index (χ2v) is 5.40. The summed E-state index contributed by atoms with van der Waals surface area (Å²) in [5.41, 5.74) is 2.85. The third-order valence-corrected chi connectivity index (χ3v) is 3.62. The number of hydrogen-bond acceptors (Lipinski definition) is 4. The lowest BCUT2D eigenvalue weighted by Crippen LogP contribution is -2.02. The monoisotopic (exact) mass is 326 g/mol. The Morgan fingerprint density at radius 2 is 1.25 bits per heavy atom. The maximum absolute atomic E-state index is 13.7. The molecule has 0 aliphatic heterocycles. The minimum Gasteiger partial charge on any atom is -0.340 e. The Kier molecular flexibility index (Phi) is 4.37. The lowest BCUT2D eigenvalue weighted by Gasteiger charge is -2.13. The number of rotatable bonds is 4. The summed E-state index contributed by atoms with van der Waals surface area (Å²) in [6.07, 6.45) is 1.33. The summed E-state index contributed by atoms with van der Waals surface area (Å²) in [4.78, 5) is 8.16. The second-order valence-electron chi connectivity index (χ2n) is 5.40. The van der Waals surface area contributed by atoms with Crippen molar-refractivity contribution in [3.05, 3.63) is 71.6 Å². The molecular weight excluding hydrogens is 310 g/mol. The van der Waals surface area contributed by atoms with Crippen molar-refractivity contribution < 1.29 is 8.78 Å². The van der Waals surface area contributed by atoms with Crippen LogP contribution in [0.15, 0.2) is 48.8 Å². The number of aromatic nitrogens is 2. The van der Waals surface area contributed by atoms with Crippen LogP contribution in [0.2, 0.25) is 0 Å². The molecule has 0 aliphatic rings. The number of nitrogens with zero attached hydrogens (tertiary/aromatic N) is 2. The van der Waals surface area contributed by atoms with Gasteiger partial charge in [0.25, 0.3) is 0 Å². The van der Waals surface area contributed by atoms with Crippen LogP contribution in [0.25, 0.3) is 0 Å². The standard InChI is InChI=1S/C18H16F2N4/c1-11-5-3-6-12(2)17(11)23-15-9-16(22-10-21-15)24-18-13(19)7-4-8-14(18)20/h3-10H,1-2H3,(H2,21,22,23,24). The third kappa shape index (κ3) is 3.32. The molecule has 24 heavy (non-hydrogen) atoms. The summed E-state index contributed by atoms with van der Waals surface area (Å²) in [5, 5.41) is 5.87. The van der Waals surface area contributed by atoms with Crippen molar-refractivity contribution in [3.8, 4) is 0 Å². The van der Waals surface area contributed by atoms with Crippen molar-refractivity contribution in [3.63, 3.8) is 0 Å². The zero-order valence-electron chi connectivity index (χ0n) is 13.3. The maximum atomic E-state index is 13.7. The summed E-state index contributed by atoms with van der Waals surface area (Å²) in [6, 6.07) is 11.2. The minimum absolute atomic E-state index is 0.241. The molecule has 2 N–H and O–H groups in total. The first kappa shape index (κ1) is 15.9. The van der Waals surface area contributed by atoms with Crippen molar-refractivity contribution in [1.29, 1.82) is 0 Å². The third-order valence-electron chi connectivity index (χ3n) is 3.62. The topological polar surface area (TPSA) is 49.8 Å². The van der Waals surface area contributed by atoms with Gasteiger partial charge in [-0.1, -0.05) is 24.3 Å². The maximum Gasteiger partial charge on any atom is 0.149 e. The fraction of sp³-hybridized carbons (Fsp3) is 0.111. The Labute approximate surface area is 138 Å². The first-order valence-corrected chi connectivity index (χ1v) is 7.41. The van der Waals surface area contributed by atoms with Gasteiger partial charge >= 0.3 is 0 Å². The molecule has 6 heteroatoms. The molecule has 0 saturated carbocycles. The molecule has 0 saturated heterocycles. The highest BCUT2D eigenvalue weighted by atomic mass is 19.1. The molecule has 0 aliphatic carbocycles. The van der Waals surface area contributed by atoms with Gasteiger partial charge in [-0.15, -0.1) is 0 Å². The largest absolute Gasteiger partial charge is 0.340 e. The molecule has 2 aromatic carbocycles. The molecule has 0 radical (unpaired) electrons. The van der Waals surface area contributed by atoms with E-state index in [1.807, 2.05) is 32.0 Å². The van der Waals surface area contributed by atoms with Crippen LogP contribution in [-0.4, -0.2) is 9.97 Å². The number of benzene rings is 2. The molecule has 0 spiro atoms. The highest BCUT2D eigenvalue weighted by molar-refractivity contribution is 5.67. The molecule has 4 nitrogen and oxygen atoms in total.